The van der Waals surface area contributed by atoms with Crippen molar-refractivity contribution in [3.63, 3.8) is 0 Å². The van der Waals surface area contributed by atoms with Crippen molar-refractivity contribution < 1.29 is 13.9 Å². The Balaban J connectivity index is 2.03. The first kappa shape index (κ1) is 15.6. The van der Waals surface area contributed by atoms with Crippen LogP contribution >= 0.6 is 15.9 Å². The lowest BCUT2D eigenvalue weighted by molar-refractivity contribution is -0.136. The first-order chi connectivity index (χ1) is 9.49. The van der Waals surface area contributed by atoms with Gasteiger partial charge < -0.3 is 4.74 Å². The molecule has 1 aliphatic rings. The molecular formula is C15H19BrFNO2. The Kier molecular flexibility index (Phi) is 5.29. The van der Waals surface area contributed by atoms with Crippen LogP contribution in [0.25, 0.3) is 0 Å². The molecule has 0 radical (unpaired) electrons. The average Bonchev–Trinajstić information content (AvgIpc) is 2.44. The number of carbonyl (C=O) groups is 1. The fraction of sp³-hybridized carbons (Fsp3) is 0.533. The Bertz CT molecular complexity index is 493. The van der Waals surface area contributed by atoms with E-state index in [9.17, 15) is 9.18 Å². The molecule has 1 saturated heterocycles. The van der Waals surface area contributed by atoms with Crippen molar-refractivity contribution in [2.45, 2.75) is 32.4 Å². The quantitative estimate of drug-likeness (QED) is 0.841. The maximum Gasteiger partial charge on any atom is 0.167 e. The molecule has 1 heterocycles. The minimum Gasteiger partial charge on any atom is -0.368 e. The van der Waals surface area contributed by atoms with Crippen LogP contribution in [0.5, 0.6) is 0 Å². The number of morpholine rings is 1. The summed E-state index contributed by atoms with van der Waals surface area (Å²) in [5.74, 6) is -0.342. The number of hydrogen-bond acceptors (Lipinski definition) is 3. The summed E-state index contributed by atoms with van der Waals surface area (Å²) in [5.41, 5.74) is 0.667. The molecular weight excluding hydrogens is 325 g/mol. The van der Waals surface area contributed by atoms with Gasteiger partial charge in [-0.2, -0.15) is 0 Å². The van der Waals surface area contributed by atoms with Crippen molar-refractivity contribution in [1.82, 2.24) is 4.90 Å². The van der Waals surface area contributed by atoms with E-state index in [0.29, 0.717) is 29.2 Å². The van der Waals surface area contributed by atoms with Gasteiger partial charge in [0.05, 0.1) is 11.1 Å². The molecule has 2 rings (SSSR count). The second-order valence-electron chi connectivity index (χ2n) is 5.30. The predicted octanol–water partition coefficient (Wildman–Crippen LogP) is 2.81. The SMILES string of the molecule is CC(C)N1CCOC(C(=O)Cc2cccc(F)c2Br)C1. The fourth-order valence-electron chi connectivity index (χ4n) is 2.32. The van der Waals surface area contributed by atoms with Crippen LogP contribution in [0.4, 0.5) is 4.39 Å². The van der Waals surface area contributed by atoms with Crippen molar-refractivity contribution in [2.75, 3.05) is 19.7 Å². The Morgan fingerprint density at radius 3 is 3.00 bits per heavy atom. The van der Waals surface area contributed by atoms with E-state index in [2.05, 4.69) is 34.7 Å². The fourth-order valence-corrected chi connectivity index (χ4v) is 2.72. The van der Waals surface area contributed by atoms with Crippen molar-refractivity contribution in [3.8, 4) is 0 Å². The maximum absolute atomic E-state index is 13.4. The number of halogens is 2. The van der Waals surface area contributed by atoms with E-state index in [-0.39, 0.29) is 18.0 Å². The summed E-state index contributed by atoms with van der Waals surface area (Å²) in [4.78, 5) is 14.5. The van der Waals surface area contributed by atoms with Crippen LogP contribution in [-0.2, 0) is 16.0 Å². The highest BCUT2D eigenvalue weighted by Crippen LogP contribution is 2.22. The monoisotopic (exact) mass is 343 g/mol. The van der Waals surface area contributed by atoms with Gasteiger partial charge in [0.2, 0.25) is 0 Å². The van der Waals surface area contributed by atoms with Crippen molar-refractivity contribution in [1.29, 1.82) is 0 Å². The summed E-state index contributed by atoms with van der Waals surface area (Å²) >= 11 is 3.19. The van der Waals surface area contributed by atoms with Crippen LogP contribution in [0.15, 0.2) is 22.7 Å². The van der Waals surface area contributed by atoms with Crippen LogP contribution in [0.1, 0.15) is 19.4 Å². The highest BCUT2D eigenvalue weighted by atomic mass is 79.9. The molecule has 110 valence electrons. The van der Waals surface area contributed by atoms with E-state index >= 15 is 0 Å². The molecule has 1 aliphatic heterocycles. The van der Waals surface area contributed by atoms with Gasteiger partial charge in [0.15, 0.2) is 5.78 Å². The average molecular weight is 344 g/mol. The van der Waals surface area contributed by atoms with E-state index in [0.717, 1.165) is 6.54 Å². The molecule has 0 spiro atoms. The molecule has 0 aliphatic carbocycles. The van der Waals surface area contributed by atoms with Crippen molar-refractivity contribution in [3.05, 3.63) is 34.1 Å². The number of nitrogens with zero attached hydrogens (tertiary/aromatic N) is 1. The van der Waals surface area contributed by atoms with Gasteiger partial charge in [0.1, 0.15) is 11.9 Å². The lowest BCUT2D eigenvalue weighted by Gasteiger charge is -2.34. The zero-order chi connectivity index (χ0) is 14.7. The van der Waals surface area contributed by atoms with E-state index < -0.39 is 6.10 Å². The van der Waals surface area contributed by atoms with Gasteiger partial charge in [0, 0.05) is 25.6 Å². The molecule has 1 aromatic rings. The Hall–Kier alpha value is -0.780. The van der Waals surface area contributed by atoms with Gasteiger partial charge in [-0.05, 0) is 41.4 Å². The molecule has 20 heavy (non-hydrogen) atoms. The largest absolute Gasteiger partial charge is 0.368 e. The van der Waals surface area contributed by atoms with E-state index in [4.69, 9.17) is 4.74 Å². The second-order valence-corrected chi connectivity index (χ2v) is 6.10. The molecule has 3 nitrogen and oxygen atoms in total. The third-order valence-corrected chi connectivity index (χ3v) is 4.47. The van der Waals surface area contributed by atoms with Crippen LogP contribution in [0.3, 0.4) is 0 Å². The first-order valence-electron chi connectivity index (χ1n) is 6.80. The summed E-state index contributed by atoms with van der Waals surface area (Å²) in [6.07, 6.45) is -0.226. The molecule has 0 saturated carbocycles. The number of ketones is 1. The van der Waals surface area contributed by atoms with Crippen LogP contribution in [0, 0.1) is 5.82 Å². The highest BCUT2D eigenvalue weighted by molar-refractivity contribution is 9.10. The minimum atomic E-state index is -0.415. The Morgan fingerprint density at radius 1 is 1.55 bits per heavy atom. The van der Waals surface area contributed by atoms with Gasteiger partial charge in [0.25, 0.3) is 0 Å². The minimum absolute atomic E-state index is 0.00153. The van der Waals surface area contributed by atoms with Gasteiger partial charge in [-0.15, -0.1) is 0 Å². The van der Waals surface area contributed by atoms with Crippen LogP contribution in [0.2, 0.25) is 0 Å². The van der Waals surface area contributed by atoms with E-state index in [1.54, 1.807) is 12.1 Å². The normalized spacial score (nSPS) is 20.4. The summed E-state index contributed by atoms with van der Waals surface area (Å²) < 4.78 is 19.4. The van der Waals surface area contributed by atoms with E-state index in [1.165, 1.54) is 6.07 Å². The number of ether oxygens (including phenoxy) is 1. The lowest BCUT2D eigenvalue weighted by Crippen LogP contribution is -2.49. The molecule has 0 amide bonds. The summed E-state index contributed by atoms with van der Waals surface area (Å²) in [7, 11) is 0. The van der Waals surface area contributed by atoms with Crippen molar-refractivity contribution in [2.24, 2.45) is 0 Å². The Morgan fingerprint density at radius 2 is 2.30 bits per heavy atom. The molecule has 0 aromatic heterocycles. The smallest absolute Gasteiger partial charge is 0.167 e. The number of hydrogen-bond donors (Lipinski definition) is 0. The highest BCUT2D eigenvalue weighted by Gasteiger charge is 2.28. The third-order valence-electron chi connectivity index (χ3n) is 3.58. The van der Waals surface area contributed by atoms with Crippen LogP contribution < -0.4 is 0 Å². The summed E-state index contributed by atoms with van der Waals surface area (Å²) in [5, 5.41) is 0. The second kappa shape index (κ2) is 6.78. The van der Waals surface area contributed by atoms with Gasteiger partial charge in [-0.1, -0.05) is 12.1 Å². The summed E-state index contributed by atoms with van der Waals surface area (Å²) in [6.45, 7) is 6.25. The molecule has 1 fully saturated rings. The lowest BCUT2D eigenvalue weighted by atomic mass is 10.0. The van der Waals surface area contributed by atoms with Gasteiger partial charge in [-0.3, -0.25) is 9.69 Å². The molecule has 0 bridgehead atoms. The number of Topliss-reactive ketones (excluding diaryl/α,β-unsaturated/α-hetero) is 1. The van der Waals surface area contributed by atoms with Gasteiger partial charge >= 0.3 is 0 Å². The number of benzene rings is 1. The zero-order valence-corrected chi connectivity index (χ0v) is 13.3. The van der Waals surface area contributed by atoms with Crippen molar-refractivity contribution >= 4 is 21.7 Å². The maximum atomic E-state index is 13.4. The standard InChI is InChI=1S/C15H19BrFNO2/c1-10(2)18-6-7-20-14(9-18)13(19)8-11-4-3-5-12(17)15(11)16/h3-5,10,14H,6-9H2,1-2H3. The predicted molar refractivity (Wildman–Crippen MR) is 79.3 cm³/mol. The molecule has 1 aromatic carbocycles. The molecule has 5 heteroatoms. The van der Waals surface area contributed by atoms with E-state index in [1.807, 2.05) is 0 Å². The number of rotatable bonds is 4. The van der Waals surface area contributed by atoms with Gasteiger partial charge in [-0.25, -0.2) is 4.39 Å². The molecule has 1 unspecified atom stereocenters. The Labute approximate surface area is 127 Å². The topological polar surface area (TPSA) is 29.5 Å². The van der Waals surface area contributed by atoms with Crippen LogP contribution in [-0.4, -0.2) is 42.5 Å². The zero-order valence-electron chi connectivity index (χ0n) is 11.7. The molecule has 1 atom stereocenters. The third kappa shape index (κ3) is 3.65. The first-order valence-corrected chi connectivity index (χ1v) is 7.59. The summed E-state index contributed by atoms with van der Waals surface area (Å²) in [6, 6.07) is 5.14. The molecule has 0 N–H and O–H groups in total. The number of carbonyl (C=O) groups excluding carboxylic acids is 1.